The van der Waals surface area contributed by atoms with Crippen molar-refractivity contribution in [2.45, 2.75) is 0 Å². The minimum atomic E-state index is -1.19. The van der Waals surface area contributed by atoms with E-state index in [0.29, 0.717) is 0 Å². The maximum atomic E-state index is 11.0. The molecule has 0 bridgehead atoms. The van der Waals surface area contributed by atoms with E-state index >= 15 is 0 Å². The lowest BCUT2D eigenvalue weighted by Gasteiger charge is -2.09. The van der Waals surface area contributed by atoms with Gasteiger partial charge in [-0.05, 0) is 6.07 Å². The van der Waals surface area contributed by atoms with E-state index in [4.69, 9.17) is 37.8 Å². The number of nitrogens with one attached hydrogen (secondary N) is 2. The average Bonchev–Trinajstić information content (AvgIpc) is 2.39. The largest absolute Gasteiger partial charge is 0.496 e. The number of anilines is 1. The first-order chi connectivity index (χ1) is 9.40. The fourth-order valence-corrected chi connectivity index (χ4v) is 1.44. The fourth-order valence-electron chi connectivity index (χ4n) is 1.24. The van der Waals surface area contributed by atoms with Crippen LogP contribution in [-0.4, -0.2) is 29.7 Å². The highest BCUT2D eigenvalue weighted by molar-refractivity contribution is 6.46. The SMILES string of the molecule is COc1cc(N/N=C(\C#N)C(=N)N)c(Cl)cc1C(=O)O. The number of amidine groups is 1. The highest BCUT2D eigenvalue weighted by Crippen LogP contribution is 2.31. The molecular weight excluding hydrogens is 286 g/mol. The fraction of sp³-hybridized carbons (Fsp3) is 0.0909. The van der Waals surface area contributed by atoms with Gasteiger partial charge in [-0.25, -0.2) is 4.79 Å². The number of hydrogen-bond donors (Lipinski definition) is 4. The van der Waals surface area contributed by atoms with Crippen molar-refractivity contribution < 1.29 is 14.6 Å². The Labute approximate surface area is 118 Å². The normalized spacial score (nSPS) is 10.6. The van der Waals surface area contributed by atoms with Crippen LogP contribution in [0.2, 0.25) is 5.02 Å². The maximum Gasteiger partial charge on any atom is 0.339 e. The number of benzene rings is 1. The van der Waals surface area contributed by atoms with E-state index in [1.54, 1.807) is 6.07 Å². The zero-order valence-electron chi connectivity index (χ0n) is 10.3. The Bertz CT molecular complexity index is 636. The molecule has 0 atom stereocenters. The average molecular weight is 296 g/mol. The second kappa shape index (κ2) is 6.40. The summed E-state index contributed by atoms with van der Waals surface area (Å²) in [5.74, 6) is -1.63. The number of methoxy groups -OCH3 is 1. The number of rotatable bonds is 5. The Balaban J connectivity index is 3.18. The lowest BCUT2D eigenvalue weighted by molar-refractivity contribution is 0.0693. The predicted molar refractivity (Wildman–Crippen MR) is 73.5 cm³/mol. The molecule has 0 unspecified atom stereocenters. The zero-order valence-corrected chi connectivity index (χ0v) is 11.0. The molecule has 0 aliphatic heterocycles. The molecule has 1 aromatic carbocycles. The lowest BCUT2D eigenvalue weighted by Crippen LogP contribution is -2.21. The molecule has 20 heavy (non-hydrogen) atoms. The maximum absolute atomic E-state index is 11.0. The number of nitriles is 1. The van der Waals surface area contributed by atoms with Crippen LogP contribution < -0.4 is 15.9 Å². The number of carboxylic acid groups (broad SMARTS) is 1. The van der Waals surface area contributed by atoms with Crippen LogP contribution in [-0.2, 0) is 0 Å². The van der Waals surface area contributed by atoms with Crippen LogP contribution in [0.4, 0.5) is 5.69 Å². The summed E-state index contributed by atoms with van der Waals surface area (Å²) in [5.41, 5.74) is 7.32. The molecule has 0 saturated heterocycles. The van der Waals surface area contributed by atoms with Crippen molar-refractivity contribution in [1.29, 1.82) is 10.7 Å². The molecule has 0 fully saturated rings. The van der Waals surface area contributed by atoms with Crippen LogP contribution in [0.15, 0.2) is 17.2 Å². The van der Waals surface area contributed by atoms with Gasteiger partial charge in [-0.2, -0.15) is 10.4 Å². The first kappa shape index (κ1) is 15.3. The molecule has 8 nitrogen and oxygen atoms in total. The van der Waals surface area contributed by atoms with Crippen molar-refractivity contribution in [2.75, 3.05) is 12.5 Å². The van der Waals surface area contributed by atoms with E-state index in [1.807, 2.05) is 0 Å². The van der Waals surface area contributed by atoms with Crippen LogP contribution >= 0.6 is 11.6 Å². The van der Waals surface area contributed by atoms with Gasteiger partial charge in [-0.15, -0.1) is 0 Å². The highest BCUT2D eigenvalue weighted by atomic mass is 35.5. The third-order valence-corrected chi connectivity index (χ3v) is 2.48. The van der Waals surface area contributed by atoms with Crippen LogP contribution in [0, 0.1) is 16.7 Å². The van der Waals surface area contributed by atoms with Crippen molar-refractivity contribution in [1.82, 2.24) is 0 Å². The monoisotopic (exact) mass is 295 g/mol. The number of hydrogen-bond acceptors (Lipinski definition) is 6. The minimum Gasteiger partial charge on any atom is -0.496 e. The summed E-state index contributed by atoms with van der Waals surface area (Å²) in [4.78, 5) is 11.0. The van der Waals surface area contributed by atoms with E-state index in [9.17, 15) is 4.79 Å². The topological polar surface area (TPSA) is 145 Å². The second-order valence-corrected chi connectivity index (χ2v) is 3.84. The molecule has 104 valence electrons. The van der Waals surface area contributed by atoms with E-state index in [-0.39, 0.29) is 27.7 Å². The van der Waals surface area contributed by atoms with Crippen molar-refractivity contribution >= 4 is 34.8 Å². The Morgan fingerprint density at radius 2 is 2.30 bits per heavy atom. The molecule has 0 aromatic heterocycles. The zero-order chi connectivity index (χ0) is 15.3. The number of aromatic carboxylic acids is 1. The number of halogens is 1. The van der Waals surface area contributed by atoms with Gasteiger partial charge in [0.2, 0.25) is 5.71 Å². The number of nitrogens with two attached hydrogens (primary N) is 1. The molecule has 5 N–H and O–H groups in total. The summed E-state index contributed by atoms with van der Waals surface area (Å²) in [6.45, 7) is 0. The number of ether oxygens (including phenoxy) is 1. The summed E-state index contributed by atoms with van der Waals surface area (Å²) < 4.78 is 4.92. The van der Waals surface area contributed by atoms with Gasteiger partial charge < -0.3 is 15.6 Å². The Morgan fingerprint density at radius 1 is 1.65 bits per heavy atom. The summed E-state index contributed by atoms with van der Waals surface area (Å²) in [5, 5.41) is 28.4. The van der Waals surface area contributed by atoms with Crippen molar-refractivity contribution in [2.24, 2.45) is 10.8 Å². The number of nitrogens with zero attached hydrogens (tertiary/aromatic N) is 2. The Hall–Kier alpha value is -2.79. The van der Waals surface area contributed by atoms with Crippen LogP contribution in [0.3, 0.4) is 0 Å². The summed E-state index contributed by atoms with van der Waals surface area (Å²) >= 11 is 5.89. The Morgan fingerprint density at radius 3 is 2.75 bits per heavy atom. The number of hydrazone groups is 1. The minimum absolute atomic E-state index is 0.0628. The predicted octanol–water partition coefficient (Wildman–Crippen LogP) is 1.27. The van der Waals surface area contributed by atoms with Crippen molar-refractivity contribution in [3.63, 3.8) is 0 Å². The summed E-state index contributed by atoms with van der Waals surface area (Å²) in [6.07, 6.45) is 0. The molecule has 0 heterocycles. The Kier molecular flexibility index (Phi) is 4.88. The van der Waals surface area contributed by atoms with Crippen LogP contribution in [0.1, 0.15) is 10.4 Å². The van der Waals surface area contributed by atoms with Crippen molar-refractivity contribution in [3.8, 4) is 11.8 Å². The molecule has 1 aromatic rings. The first-order valence-corrected chi connectivity index (χ1v) is 5.47. The molecule has 1 rings (SSSR count). The molecule has 0 aliphatic carbocycles. The number of carbonyl (C=O) groups is 1. The molecular formula is C11H10ClN5O3. The third-order valence-electron chi connectivity index (χ3n) is 2.17. The lowest BCUT2D eigenvalue weighted by atomic mass is 10.2. The van der Waals surface area contributed by atoms with Crippen LogP contribution in [0.5, 0.6) is 5.75 Å². The smallest absolute Gasteiger partial charge is 0.339 e. The van der Waals surface area contributed by atoms with Gasteiger partial charge in [-0.1, -0.05) is 11.6 Å². The molecule has 0 spiro atoms. The summed E-state index contributed by atoms with van der Waals surface area (Å²) in [7, 11) is 1.30. The van der Waals surface area contributed by atoms with E-state index in [1.165, 1.54) is 19.2 Å². The van der Waals surface area contributed by atoms with Crippen molar-refractivity contribution in [3.05, 3.63) is 22.7 Å². The molecule has 0 amide bonds. The first-order valence-electron chi connectivity index (χ1n) is 5.09. The van der Waals surface area contributed by atoms with Gasteiger partial charge in [0.15, 0.2) is 5.84 Å². The summed E-state index contributed by atoms with van der Waals surface area (Å²) in [6, 6.07) is 4.11. The van der Waals surface area contributed by atoms with Gasteiger partial charge >= 0.3 is 5.97 Å². The molecule has 9 heteroatoms. The van der Waals surface area contributed by atoms with Gasteiger partial charge in [0.05, 0.1) is 17.8 Å². The van der Waals surface area contributed by atoms with E-state index < -0.39 is 11.8 Å². The van der Waals surface area contributed by atoms with Gasteiger partial charge in [0.25, 0.3) is 0 Å². The van der Waals surface area contributed by atoms with Crippen LogP contribution in [0.25, 0.3) is 0 Å². The molecule has 0 aliphatic rings. The van der Waals surface area contributed by atoms with Gasteiger partial charge in [0.1, 0.15) is 17.4 Å². The second-order valence-electron chi connectivity index (χ2n) is 3.44. The van der Waals surface area contributed by atoms with E-state index in [0.717, 1.165) is 0 Å². The highest BCUT2D eigenvalue weighted by Gasteiger charge is 2.15. The van der Waals surface area contributed by atoms with Gasteiger partial charge in [0, 0.05) is 6.07 Å². The third kappa shape index (κ3) is 3.37. The van der Waals surface area contributed by atoms with Gasteiger partial charge in [-0.3, -0.25) is 10.8 Å². The number of carboxylic acids is 1. The quantitative estimate of drug-likeness (QED) is 0.366. The molecule has 0 saturated carbocycles. The van der Waals surface area contributed by atoms with E-state index in [2.05, 4.69) is 10.5 Å². The molecule has 0 radical (unpaired) electrons. The standard InChI is InChI=1S/C11H10ClN5O3/c1-20-9-3-7(6(12)2-5(9)11(18)19)16-17-8(4-13)10(14)15/h2-3,16H,1H3,(H3,14,15)(H,18,19)/b17-8+.